The summed E-state index contributed by atoms with van der Waals surface area (Å²) in [6.07, 6.45) is 1.16. The number of ether oxygens (including phenoxy) is 2. The normalized spacial score (nSPS) is 22.7. The molecule has 0 aliphatic carbocycles. The van der Waals surface area contributed by atoms with Crippen LogP contribution >= 0.6 is 0 Å². The molecule has 0 radical (unpaired) electrons. The molecule has 1 aromatic rings. The predicted molar refractivity (Wildman–Crippen MR) is 122 cm³/mol. The summed E-state index contributed by atoms with van der Waals surface area (Å²) < 4.78 is 34.2. The van der Waals surface area contributed by atoms with Crippen LogP contribution in [0.4, 0.5) is 10.5 Å². The topological polar surface area (TPSA) is 111 Å². The molecule has 2 unspecified atom stereocenters. The SMILES string of the molecule is CC#Cc1ccc(N2CC(C[C@](C)(C(=O)NOC3CCCCO3)S(C)(=O)=O)OC2=O)c(C)c1. The van der Waals surface area contributed by atoms with Gasteiger partial charge >= 0.3 is 6.09 Å². The van der Waals surface area contributed by atoms with Crippen molar-refractivity contribution in [3.63, 3.8) is 0 Å². The van der Waals surface area contributed by atoms with Crippen molar-refractivity contribution in [1.29, 1.82) is 0 Å². The fourth-order valence-corrected chi connectivity index (χ4v) is 4.75. The van der Waals surface area contributed by atoms with Crippen molar-refractivity contribution >= 4 is 27.5 Å². The molecule has 2 heterocycles. The average Bonchev–Trinajstić information content (AvgIpc) is 3.11. The summed E-state index contributed by atoms with van der Waals surface area (Å²) in [5.41, 5.74) is 4.55. The minimum Gasteiger partial charge on any atom is -0.444 e. The van der Waals surface area contributed by atoms with Crippen LogP contribution in [-0.2, 0) is 28.9 Å². The maximum absolute atomic E-state index is 12.9. The summed E-state index contributed by atoms with van der Waals surface area (Å²) >= 11 is 0. The number of nitrogens with one attached hydrogen (secondary N) is 1. The van der Waals surface area contributed by atoms with Gasteiger partial charge < -0.3 is 9.47 Å². The van der Waals surface area contributed by atoms with Gasteiger partial charge in [0.25, 0.3) is 5.91 Å². The van der Waals surface area contributed by atoms with Crippen LogP contribution in [0.1, 0.15) is 50.7 Å². The van der Waals surface area contributed by atoms with E-state index in [2.05, 4.69) is 17.3 Å². The number of anilines is 1. The highest BCUT2D eigenvalue weighted by atomic mass is 32.2. The zero-order valence-electron chi connectivity index (χ0n) is 19.3. The van der Waals surface area contributed by atoms with Gasteiger partial charge in [-0.1, -0.05) is 5.92 Å². The lowest BCUT2D eigenvalue weighted by Gasteiger charge is -2.29. The summed E-state index contributed by atoms with van der Waals surface area (Å²) in [5, 5.41) is 0. The third-order valence-electron chi connectivity index (χ3n) is 5.97. The Morgan fingerprint density at radius 3 is 2.73 bits per heavy atom. The first kappa shape index (κ1) is 25.0. The summed E-state index contributed by atoms with van der Waals surface area (Å²) in [7, 11) is -3.88. The van der Waals surface area contributed by atoms with Crippen LogP contribution in [0, 0.1) is 18.8 Å². The molecule has 9 nitrogen and oxygen atoms in total. The molecule has 0 saturated carbocycles. The van der Waals surface area contributed by atoms with Crippen LogP contribution in [0.3, 0.4) is 0 Å². The molecule has 0 aromatic heterocycles. The Labute approximate surface area is 194 Å². The van der Waals surface area contributed by atoms with E-state index < -0.39 is 39.0 Å². The minimum absolute atomic E-state index is 0.115. The van der Waals surface area contributed by atoms with E-state index in [-0.39, 0.29) is 13.0 Å². The largest absolute Gasteiger partial charge is 0.444 e. The maximum atomic E-state index is 12.9. The monoisotopic (exact) mass is 478 g/mol. The summed E-state index contributed by atoms with van der Waals surface area (Å²) in [4.78, 5) is 32.2. The van der Waals surface area contributed by atoms with Gasteiger partial charge in [-0.05, 0) is 57.4 Å². The number of hydrogen-bond acceptors (Lipinski definition) is 7. The summed E-state index contributed by atoms with van der Waals surface area (Å²) in [6.45, 7) is 5.54. The quantitative estimate of drug-likeness (QED) is 0.473. The van der Waals surface area contributed by atoms with Crippen LogP contribution in [0.5, 0.6) is 0 Å². The number of nitrogens with zero attached hydrogens (tertiary/aromatic N) is 1. The lowest BCUT2D eigenvalue weighted by Crippen LogP contribution is -2.53. The Kier molecular flexibility index (Phi) is 7.67. The van der Waals surface area contributed by atoms with Crippen molar-refractivity contribution in [3.8, 4) is 11.8 Å². The number of sulfone groups is 1. The fourth-order valence-electron chi connectivity index (χ4n) is 3.88. The number of benzene rings is 1. The Balaban J connectivity index is 1.72. The number of hydrogen-bond donors (Lipinski definition) is 1. The van der Waals surface area contributed by atoms with Gasteiger partial charge in [0, 0.05) is 31.3 Å². The van der Waals surface area contributed by atoms with Crippen LogP contribution in [0.2, 0.25) is 0 Å². The molecule has 2 fully saturated rings. The highest BCUT2D eigenvalue weighted by Gasteiger charge is 2.49. The number of carbonyl (C=O) groups excluding carboxylic acids is 2. The smallest absolute Gasteiger partial charge is 0.414 e. The lowest BCUT2D eigenvalue weighted by atomic mass is 10.0. The molecule has 2 amide bonds. The number of rotatable bonds is 7. The highest BCUT2D eigenvalue weighted by Crippen LogP contribution is 2.31. The molecule has 2 saturated heterocycles. The molecule has 2 aliphatic rings. The van der Waals surface area contributed by atoms with Crippen molar-refractivity contribution in [2.24, 2.45) is 0 Å². The predicted octanol–water partition coefficient (Wildman–Crippen LogP) is 2.46. The van der Waals surface area contributed by atoms with E-state index in [1.807, 2.05) is 13.0 Å². The Hall–Kier alpha value is -2.61. The van der Waals surface area contributed by atoms with E-state index >= 15 is 0 Å². The van der Waals surface area contributed by atoms with Gasteiger partial charge in [-0.2, -0.15) is 0 Å². The highest BCUT2D eigenvalue weighted by molar-refractivity contribution is 7.92. The van der Waals surface area contributed by atoms with Crippen molar-refractivity contribution < 1.29 is 32.3 Å². The van der Waals surface area contributed by atoms with E-state index in [9.17, 15) is 18.0 Å². The zero-order valence-corrected chi connectivity index (χ0v) is 20.2. The molecular formula is C23H30N2O7S. The van der Waals surface area contributed by atoms with Crippen molar-refractivity contribution in [2.45, 2.75) is 63.6 Å². The van der Waals surface area contributed by atoms with E-state index in [1.54, 1.807) is 19.1 Å². The Morgan fingerprint density at radius 2 is 2.12 bits per heavy atom. The van der Waals surface area contributed by atoms with Gasteiger partial charge in [-0.25, -0.2) is 23.5 Å². The van der Waals surface area contributed by atoms with Crippen molar-refractivity contribution in [2.75, 3.05) is 24.3 Å². The Morgan fingerprint density at radius 1 is 1.36 bits per heavy atom. The van der Waals surface area contributed by atoms with Crippen LogP contribution in [0.15, 0.2) is 18.2 Å². The zero-order chi connectivity index (χ0) is 24.2. The molecule has 0 bridgehead atoms. The van der Waals surface area contributed by atoms with Crippen LogP contribution < -0.4 is 10.4 Å². The third kappa shape index (κ3) is 5.66. The van der Waals surface area contributed by atoms with E-state index in [0.717, 1.165) is 30.2 Å². The maximum Gasteiger partial charge on any atom is 0.414 e. The average molecular weight is 479 g/mol. The summed E-state index contributed by atoms with van der Waals surface area (Å²) in [6, 6.07) is 5.45. The second-order valence-corrected chi connectivity index (χ2v) is 11.0. The second kappa shape index (κ2) is 10.1. The molecule has 10 heteroatoms. The molecule has 3 atom stereocenters. The fraction of sp³-hybridized carbons (Fsp3) is 0.565. The van der Waals surface area contributed by atoms with Crippen LogP contribution in [0.25, 0.3) is 0 Å². The van der Waals surface area contributed by atoms with Gasteiger partial charge in [0.2, 0.25) is 0 Å². The Bertz CT molecular complexity index is 1070. The molecular weight excluding hydrogens is 448 g/mol. The molecule has 180 valence electrons. The first-order valence-corrected chi connectivity index (χ1v) is 12.7. The molecule has 1 N–H and O–H groups in total. The van der Waals surface area contributed by atoms with E-state index in [4.69, 9.17) is 14.3 Å². The lowest BCUT2D eigenvalue weighted by molar-refractivity contribution is -0.201. The first-order chi connectivity index (χ1) is 15.5. The molecule has 33 heavy (non-hydrogen) atoms. The van der Waals surface area contributed by atoms with Gasteiger partial charge in [-0.3, -0.25) is 9.69 Å². The van der Waals surface area contributed by atoms with Gasteiger partial charge in [0.05, 0.1) is 12.2 Å². The standard InChI is InChI=1S/C23H30N2O7S/c1-5-8-17-10-11-19(16(2)13-17)25-15-18(31-22(25)27)14-23(3,33(4,28)29)21(26)24-32-20-9-6-7-12-30-20/h10-11,13,18,20H,6-7,9,12,14-15H2,1-4H3,(H,24,26)/t18?,20?,23-/m1/s1. The van der Waals surface area contributed by atoms with Crippen molar-refractivity contribution in [1.82, 2.24) is 5.48 Å². The number of carbonyl (C=O) groups is 2. The van der Waals surface area contributed by atoms with Gasteiger partial charge in [-0.15, -0.1) is 5.92 Å². The first-order valence-electron chi connectivity index (χ1n) is 10.8. The molecule has 3 rings (SSSR count). The minimum atomic E-state index is -3.88. The number of cyclic esters (lactones) is 1. The van der Waals surface area contributed by atoms with Crippen LogP contribution in [-0.4, -0.2) is 57.0 Å². The third-order valence-corrected chi connectivity index (χ3v) is 7.96. The second-order valence-electron chi connectivity index (χ2n) is 8.54. The summed E-state index contributed by atoms with van der Waals surface area (Å²) in [5.74, 6) is 4.97. The molecule has 0 spiro atoms. The number of hydroxylamine groups is 1. The molecule has 2 aliphatic heterocycles. The van der Waals surface area contributed by atoms with Gasteiger partial charge in [0.1, 0.15) is 6.10 Å². The van der Waals surface area contributed by atoms with E-state index in [1.165, 1.54) is 11.8 Å². The number of aryl methyl sites for hydroxylation is 1. The van der Waals surface area contributed by atoms with E-state index in [0.29, 0.717) is 18.7 Å². The van der Waals surface area contributed by atoms with Crippen molar-refractivity contribution in [3.05, 3.63) is 29.3 Å². The van der Waals surface area contributed by atoms with Gasteiger partial charge in [0.15, 0.2) is 20.9 Å². The number of amides is 2. The molecule has 1 aromatic carbocycles.